The first kappa shape index (κ1) is 26.1. The van der Waals surface area contributed by atoms with Gasteiger partial charge in [0.05, 0.1) is 0 Å². The van der Waals surface area contributed by atoms with Crippen LogP contribution in [-0.2, 0) is 6.42 Å². The molecule has 0 aliphatic rings. The summed E-state index contributed by atoms with van der Waals surface area (Å²) in [7, 11) is 0. The minimum absolute atomic E-state index is 0. The van der Waals surface area contributed by atoms with Crippen LogP contribution in [0.3, 0.4) is 0 Å². The van der Waals surface area contributed by atoms with Crippen molar-refractivity contribution < 1.29 is 44.8 Å². The molecule has 3 aromatic heterocycles. The van der Waals surface area contributed by atoms with Crippen LogP contribution in [0.2, 0.25) is 0 Å². The minimum atomic E-state index is -0.282. The van der Waals surface area contributed by atoms with E-state index in [0.29, 0.717) is 5.82 Å². The number of allylic oxidation sites excluding steroid dienone is 3. The van der Waals surface area contributed by atoms with E-state index < -0.39 is 0 Å². The Balaban J connectivity index is 0.00000146. The number of aliphatic imine (C=N–C) groups is 1. The van der Waals surface area contributed by atoms with E-state index in [2.05, 4.69) is 40.0 Å². The summed E-state index contributed by atoms with van der Waals surface area (Å²) in [5, 5.41) is 3.05. The van der Waals surface area contributed by atoms with E-state index in [1.165, 1.54) is 12.3 Å². The van der Waals surface area contributed by atoms with Crippen LogP contribution in [0.4, 0.5) is 10.2 Å². The molecule has 0 bridgehead atoms. The fourth-order valence-corrected chi connectivity index (χ4v) is 2.70. The Bertz CT molecular complexity index is 1010. The largest absolute Gasteiger partial charge is 0.362 e. The topological polar surface area (TPSA) is 54.6 Å². The van der Waals surface area contributed by atoms with Crippen LogP contribution in [0.15, 0.2) is 59.6 Å². The summed E-state index contributed by atoms with van der Waals surface area (Å²) in [5.74, 6) is 0.315. The number of halogens is 1. The normalized spacial score (nSPS) is 11.0. The molecule has 0 spiro atoms. The molecule has 0 saturated carbocycles. The summed E-state index contributed by atoms with van der Waals surface area (Å²) < 4.78 is 15.5. The van der Waals surface area contributed by atoms with Gasteiger partial charge in [-0.1, -0.05) is 27.2 Å². The van der Waals surface area contributed by atoms with E-state index in [-0.39, 0.29) is 46.2 Å². The second-order valence-corrected chi connectivity index (χ2v) is 6.05. The van der Waals surface area contributed by atoms with Gasteiger partial charge in [0.1, 0.15) is 11.5 Å². The van der Waals surface area contributed by atoms with Crippen molar-refractivity contribution in [3.8, 4) is 11.3 Å². The molecule has 0 aliphatic heterocycles. The summed E-state index contributed by atoms with van der Waals surface area (Å²) >= 11 is 0. The van der Waals surface area contributed by atoms with Gasteiger partial charge in [0.15, 0.2) is 0 Å². The molecule has 0 aromatic carbocycles. The fourth-order valence-electron chi connectivity index (χ4n) is 2.70. The van der Waals surface area contributed by atoms with Gasteiger partial charge in [0.2, 0.25) is 0 Å². The van der Waals surface area contributed by atoms with Crippen molar-refractivity contribution in [2.24, 2.45) is 4.99 Å². The molecule has 0 fully saturated rings. The van der Waals surface area contributed by atoms with Gasteiger partial charge < -0.3 is 9.72 Å². The van der Waals surface area contributed by atoms with Crippen molar-refractivity contribution in [2.75, 3.05) is 5.32 Å². The Hall–Kier alpha value is -1.94. The van der Waals surface area contributed by atoms with Crippen LogP contribution in [-0.4, -0.2) is 21.1 Å². The first-order valence-corrected chi connectivity index (χ1v) is 9.73. The summed E-state index contributed by atoms with van der Waals surface area (Å²) in [4.78, 5) is 12.8. The molecule has 158 valence electrons. The Kier molecular flexibility index (Phi) is 11.6. The van der Waals surface area contributed by atoms with Gasteiger partial charge in [-0.2, -0.15) is 0 Å². The molecular formula is C23H27FN5Sm-. The van der Waals surface area contributed by atoms with Crippen molar-refractivity contribution in [1.29, 1.82) is 0 Å². The molecule has 1 N–H and O–H groups in total. The summed E-state index contributed by atoms with van der Waals surface area (Å²) in [6.45, 7) is 11.4. The molecule has 0 atom stereocenters. The first-order chi connectivity index (χ1) is 14.1. The molecule has 0 unspecified atom stereocenters. The van der Waals surface area contributed by atoms with Gasteiger partial charge >= 0.3 is 0 Å². The molecule has 3 aromatic rings. The van der Waals surface area contributed by atoms with Crippen LogP contribution < -0.4 is 5.32 Å². The number of fused-ring (bicyclic) bond motifs is 1. The quantitative estimate of drug-likeness (QED) is 0.232. The van der Waals surface area contributed by atoms with Crippen molar-refractivity contribution in [1.82, 2.24) is 14.4 Å². The number of hydrogen-bond acceptors (Lipinski definition) is 4. The van der Waals surface area contributed by atoms with E-state index >= 15 is 0 Å². The van der Waals surface area contributed by atoms with Gasteiger partial charge in [-0.25, -0.2) is 21.5 Å². The maximum Gasteiger partial charge on any atom is 0.139 e. The van der Waals surface area contributed by atoms with Gasteiger partial charge in [-0.05, 0) is 50.5 Å². The molecule has 0 aliphatic carbocycles. The van der Waals surface area contributed by atoms with E-state index in [1.807, 2.05) is 43.4 Å². The molecule has 0 amide bonds. The third-order valence-electron chi connectivity index (χ3n) is 4.04. The summed E-state index contributed by atoms with van der Waals surface area (Å²) in [6.07, 6.45) is 10.4. The Labute approximate surface area is 210 Å². The second kappa shape index (κ2) is 13.4. The van der Waals surface area contributed by atoms with Gasteiger partial charge in [0, 0.05) is 75.7 Å². The zero-order chi connectivity index (χ0) is 21.2. The zero-order valence-electron chi connectivity index (χ0n) is 17.8. The first-order valence-electron chi connectivity index (χ1n) is 9.73. The number of pyridine rings is 2. The number of imidazole rings is 1. The monoisotopic (exact) mass is 544 g/mol. The predicted octanol–water partition coefficient (Wildman–Crippen LogP) is 5.84. The van der Waals surface area contributed by atoms with Crippen molar-refractivity contribution in [3.63, 3.8) is 0 Å². The van der Waals surface area contributed by atoms with Crippen molar-refractivity contribution in [3.05, 3.63) is 72.2 Å². The summed E-state index contributed by atoms with van der Waals surface area (Å²) in [6, 6.07) is 8.05. The Morgan fingerprint density at radius 3 is 2.77 bits per heavy atom. The van der Waals surface area contributed by atoms with Crippen LogP contribution in [0.1, 0.15) is 39.8 Å². The SMILES string of the molecule is C=N/C(C)=C\C=C\Nc1[c-]cc(-c2nc3ccc(F)cn3c2CCC)cn1.CC.[Sm]. The van der Waals surface area contributed by atoms with Crippen molar-refractivity contribution in [2.45, 2.75) is 40.5 Å². The van der Waals surface area contributed by atoms with Crippen LogP contribution >= 0.6 is 0 Å². The molecule has 3 heterocycles. The van der Waals surface area contributed by atoms with E-state index in [4.69, 9.17) is 0 Å². The van der Waals surface area contributed by atoms with Crippen LogP contribution in [0.5, 0.6) is 0 Å². The molecular weight excluding hydrogens is 516 g/mol. The second-order valence-electron chi connectivity index (χ2n) is 6.05. The molecule has 7 heteroatoms. The van der Waals surface area contributed by atoms with E-state index in [0.717, 1.165) is 41.1 Å². The molecule has 30 heavy (non-hydrogen) atoms. The van der Waals surface area contributed by atoms with E-state index in [9.17, 15) is 4.39 Å². The standard InChI is InChI=1S/C21H21FN5.C2H6.Sm/c1-4-6-18-21(26-20-11-9-17(22)14-27(18)20)16-8-10-19(25-13-16)24-12-5-7-15(2)23-3;1-2;/h5,7-9,11-14H,3-4,6H2,1-2H3,(H,24,25);1-2H3;/q-1;;/b12-5+,15-7-;;. The molecule has 0 saturated heterocycles. The van der Waals surface area contributed by atoms with Crippen LogP contribution in [0.25, 0.3) is 16.9 Å². The zero-order valence-corrected chi connectivity index (χ0v) is 20.4. The number of anilines is 1. The van der Waals surface area contributed by atoms with Crippen molar-refractivity contribution >= 4 is 18.2 Å². The summed E-state index contributed by atoms with van der Waals surface area (Å²) in [5.41, 5.74) is 4.18. The van der Waals surface area contributed by atoms with Gasteiger partial charge in [-0.15, -0.1) is 5.56 Å². The van der Waals surface area contributed by atoms with Gasteiger partial charge in [0.25, 0.3) is 0 Å². The third kappa shape index (κ3) is 6.80. The number of hydrogen-bond donors (Lipinski definition) is 1. The number of aryl methyl sites for hydroxylation is 1. The third-order valence-corrected chi connectivity index (χ3v) is 4.04. The fraction of sp³-hybridized carbons (Fsp3) is 0.261. The molecule has 0 radical (unpaired) electrons. The van der Waals surface area contributed by atoms with Crippen LogP contribution in [0, 0.1) is 52.3 Å². The molecule has 3 rings (SSSR count). The number of nitrogens with one attached hydrogen (secondary N) is 1. The maximum atomic E-state index is 13.6. The maximum absolute atomic E-state index is 13.6. The number of rotatable bonds is 7. The number of aromatic nitrogens is 3. The minimum Gasteiger partial charge on any atom is -0.362 e. The smallest absolute Gasteiger partial charge is 0.139 e. The van der Waals surface area contributed by atoms with E-state index in [1.54, 1.807) is 18.5 Å². The Morgan fingerprint density at radius 2 is 2.13 bits per heavy atom. The average Bonchev–Trinajstić information content (AvgIpc) is 3.11. The Morgan fingerprint density at radius 1 is 1.37 bits per heavy atom. The average molecular weight is 543 g/mol. The van der Waals surface area contributed by atoms with Gasteiger partial charge in [-0.3, -0.25) is 9.98 Å². The number of nitrogens with zero attached hydrogens (tertiary/aromatic N) is 4. The molecule has 5 nitrogen and oxygen atoms in total. The predicted molar refractivity (Wildman–Crippen MR) is 119 cm³/mol.